The molecule has 0 radical (unpaired) electrons. The number of nitrogens with zero attached hydrogens (tertiary/aromatic N) is 2. The van der Waals surface area contributed by atoms with Crippen LogP contribution in [0.3, 0.4) is 0 Å². The molecule has 2 heterocycles. The lowest BCUT2D eigenvalue weighted by atomic mass is 10.0. The zero-order chi connectivity index (χ0) is 24.3. The Morgan fingerprint density at radius 1 is 1.06 bits per heavy atom. The minimum atomic E-state index is -0.515. The van der Waals surface area contributed by atoms with E-state index in [0.717, 1.165) is 49.2 Å². The van der Waals surface area contributed by atoms with Gasteiger partial charge in [0.05, 0.1) is 10.7 Å². The smallest absolute Gasteiger partial charge is 0.410 e. The Morgan fingerprint density at radius 2 is 1.79 bits per heavy atom. The van der Waals surface area contributed by atoms with Crippen molar-refractivity contribution in [1.82, 2.24) is 4.90 Å². The molecule has 0 unspecified atom stereocenters. The zero-order valence-electron chi connectivity index (χ0n) is 20.3. The third kappa shape index (κ3) is 6.19. The summed E-state index contributed by atoms with van der Waals surface area (Å²) in [5, 5.41) is 0.708. The Hall–Kier alpha value is -1.92. The standard InChI is InChI=1S/C27H34ClFN2O2S/c1-27(2,3)33-26(32)31-15-11-20-8-9-22(28)25(21(20)12-16-31)34-18-19-7-10-24(23(29)17-19)30-13-5-4-6-14-30/h7-10,17H,4-6,11-16,18H2,1-3H3. The number of piperidine rings is 1. The van der Waals surface area contributed by atoms with E-state index in [0.29, 0.717) is 29.6 Å². The van der Waals surface area contributed by atoms with Gasteiger partial charge in [-0.1, -0.05) is 23.7 Å². The molecule has 0 saturated carbocycles. The van der Waals surface area contributed by atoms with Crippen LogP contribution in [-0.2, 0) is 23.3 Å². The summed E-state index contributed by atoms with van der Waals surface area (Å²) in [7, 11) is 0. The lowest BCUT2D eigenvalue weighted by molar-refractivity contribution is 0.0258. The van der Waals surface area contributed by atoms with Gasteiger partial charge in [-0.25, -0.2) is 9.18 Å². The van der Waals surface area contributed by atoms with Crippen molar-refractivity contribution in [3.63, 3.8) is 0 Å². The Labute approximate surface area is 211 Å². The quantitative estimate of drug-likeness (QED) is 0.416. The number of rotatable bonds is 4. The van der Waals surface area contributed by atoms with Crippen LogP contribution in [0.25, 0.3) is 0 Å². The highest BCUT2D eigenvalue weighted by Gasteiger charge is 2.26. The first-order valence-electron chi connectivity index (χ1n) is 12.2. The van der Waals surface area contributed by atoms with E-state index in [9.17, 15) is 9.18 Å². The van der Waals surface area contributed by atoms with Gasteiger partial charge in [0.25, 0.3) is 0 Å². The van der Waals surface area contributed by atoms with E-state index in [4.69, 9.17) is 16.3 Å². The van der Waals surface area contributed by atoms with Crippen LogP contribution >= 0.6 is 23.4 Å². The number of anilines is 1. The predicted octanol–water partition coefficient (Wildman–Crippen LogP) is 7.10. The maximum Gasteiger partial charge on any atom is 0.410 e. The highest BCUT2D eigenvalue weighted by Crippen LogP contribution is 2.37. The number of benzene rings is 2. The number of hydrogen-bond acceptors (Lipinski definition) is 4. The Bertz CT molecular complexity index is 1030. The normalized spacial score (nSPS) is 16.7. The number of hydrogen-bond donors (Lipinski definition) is 0. The third-order valence-electron chi connectivity index (χ3n) is 6.34. The number of carbonyl (C=O) groups excluding carboxylic acids is 1. The molecule has 34 heavy (non-hydrogen) atoms. The van der Waals surface area contributed by atoms with Crippen LogP contribution in [0.2, 0.25) is 5.02 Å². The van der Waals surface area contributed by atoms with Crippen molar-refractivity contribution >= 4 is 35.1 Å². The maximum atomic E-state index is 14.9. The van der Waals surface area contributed by atoms with Gasteiger partial charge in [0.15, 0.2) is 0 Å². The molecular weight excluding hydrogens is 471 g/mol. The van der Waals surface area contributed by atoms with E-state index in [1.54, 1.807) is 22.7 Å². The Kier molecular flexibility index (Phi) is 7.98. The van der Waals surface area contributed by atoms with Crippen molar-refractivity contribution in [2.45, 2.75) is 69.1 Å². The summed E-state index contributed by atoms with van der Waals surface area (Å²) in [6.07, 6.45) is 4.69. The molecule has 2 aliphatic rings. The minimum absolute atomic E-state index is 0.147. The van der Waals surface area contributed by atoms with Crippen molar-refractivity contribution in [2.24, 2.45) is 0 Å². The number of ether oxygens (including phenoxy) is 1. The van der Waals surface area contributed by atoms with Crippen LogP contribution in [-0.4, -0.2) is 42.8 Å². The lowest BCUT2D eigenvalue weighted by Gasteiger charge is -2.29. The SMILES string of the molecule is CC(C)(C)OC(=O)N1CCc2ccc(Cl)c(SCc3ccc(N4CCCCC4)c(F)c3)c2CC1. The second-order valence-electron chi connectivity index (χ2n) is 10.1. The van der Waals surface area contributed by atoms with Gasteiger partial charge in [0.2, 0.25) is 0 Å². The molecule has 4 nitrogen and oxygen atoms in total. The molecule has 2 aliphatic heterocycles. The summed E-state index contributed by atoms with van der Waals surface area (Å²) in [5.41, 5.74) is 3.54. The number of thioether (sulfide) groups is 1. The highest BCUT2D eigenvalue weighted by molar-refractivity contribution is 7.98. The van der Waals surface area contributed by atoms with Crippen LogP contribution in [0.5, 0.6) is 0 Å². The molecule has 1 amide bonds. The molecule has 7 heteroatoms. The van der Waals surface area contributed by atoms with Gasteiger partial charge >= 0.3 is 6.09 Å². The van der Waals surface area contributed by atoms with Gasteiger partial charge < -0.3 is 14.5 Å². The van der Waals surface area contributed by atoms with Crippen molar-refractivity contribution in [1.29, 1.82) is 0 Å². The fourth-order valence-corrected chi connectivity index (χ4v) is 6.06. The molecule has 2 aromatic carbocycles. The molecule has 0 N–H and O–H groups in total. The van der Waals surface area contributed by atoms with Gasteiger partial charge in [-0.15, -0.1) is 11.8 Å². The second-order valence-corrected chi connectivity index (χ2v) is 11.5. The van der Waals surface area contributed by atoms with Crippen molar-refractivity contribution in [3.05, 3.63) is 57.9 Å². The van der Waals surface area contributed by atoms with Crippen LogP contribution in [0, 0.1) is 5.82 Å². The predicted molar refractivity (Wildman–Crippen MR) is 139 cm³/mol. The molecule has 1 fully saturated rings. The summed E-state index contributed by atoms with van der Waals surface area (Å²) in [6.45, 7) is 8.72. The van der Waals surface area contributed by atoms with Crippen molar-refractivity contribution in [2.75, 3.05) is 31.1 Å². The summed E-state index contributed by atoms with van der Waals surface area (Å²) in [6, 6.07) is 9.61. The molecular formula is C27H34ClFN2O2S. The first kappa shape index (κ1) is 25.2. The number of amides is 1. The first-order chi connectivity index (χ1) is 16.2. The fraction of sp³-hybridized carbons (Fsp3) is 0.519. The molecule has 0 aliphatic carbocycles. The van der Waals surface area contributed by atoms with E-state index in [-0.39, 0.29) is 11.9 Å². The lowest BCUT2D eigenvalue weighted by Crippen LogP contribution is -2.38. The molecule has 0 spiro atoms. The number of carbonyl (C=O) groups is 1. The topological polar surface area (TPSA) is 32.8 Å². The van der Waals surface area contributed by atoms with Gasteiger partial charge in [-0.3, -0.25) is 0 Å². The van der Waals surface area contributed by atoms with Gasteiger partial charge in [0.1, 0.15) is 11.4 Å². The summed E-state index contributed by atoms with van der Waals surface area (Å²) in [4.78, 5) is 17.6. The average Bonchev–Trinajstić information content (AvgIpc) is 3.01. The van der Waals surface area contributed by atoms with Crippen molar-refractivity contribution < 1.29 is 13.9 Å². The molecule has 184 valence electrons. The van der Waals surface area contributed by atoms with Crippen molar-refractivity contribution in [3.8, 4) is 0 Å². The number of halogens is 2. The van der Waals surface area contributed by atoms with Gasteiger partial charge in [0, 0.05) is 36.8 Å². The second kappa shape index (κ2) is 10.8. The Morgan fingerprint density at radius 3 is 2.50 bits per heavy atom. The summed E-state index contributed by atoms with van der Waals surface area (Å²) < 4.78 is 20.4. The molecule has 0 aromatic heterocycles. The van der Waals surface area contributed by atoms with Gasteiger partial charge in [-0.05, 0) is 87.8 Å². The molecule has 2 aromatic rings. The highest BCUT2D eigenvalue weighted by atomic mass is 35.5. The molecule has 0 atom stereocenters. The van der Waals surface area contributed by atoms with Crippen LogP contribution in [0.15, 0.2) is 35.2 Å². The van der Waals surface area contributed by atoms with E-state index >= 15 is 0 Å². The largest absolute Gasteiger partial charge is 0.444 e. The molecule has 0 bridgehead atoms. The zero-order valence-corrected chi connectivity index (χ0v) is 21.9. The fourth-order valence-electron chi connectivity index (χ4n) is 4.61. The van der Waals surface area contributed by atoms with Crippen LogP contribution < -0.4 is 4.90 Å². The first-order valence-corrected chi connectivity index (χ1v) is 13.5. The number of fused-ring (bicyclic) bond motifs is 1. The van der Waals surface area contributed by atoms with E-state index < -0.39 is 5.60 Å². The monoisotopic (exact) mass is 504 g/mol. The third-order valence-corrected chi connectivity index (χ3v) is 8.00. The Balaban J connectivity index is 1.45. The van der Waals surface area contributed by atoms with Gasteiger partial charge in [-0.2, -0.15) is 0 Å². The molecule has 4 rings (SSSR count). The summed E-state index contributed by atoms with van der Waals surface area (Å²) in [5.74, 6) is 0.495. The van der Waals surface area contributed by atoms with Crippen LogP contribution in [0.4, 0.5) is 14.9 Å². The van der Waals surface area contributed by atoms with E-state index in [1.807, 2.05) is 39.0 Å². The maximum absolute atomic E-state index is 14.9. The van der Waals surface area contributed by atoms with E-state index in [2.05, 4.69) is 11.0 Å². The molecule has 1 saturated heterocycles. The van der Waals surface area contributed by atoms with Crippen LogP contribution in [0.1, 0.15) is 56.7 Å². The van der Waals surface area contributed by atoms with E-state index in [1.165, 1.54) is 17.5 Å². The summed E-state index contributed by atoms with van der Waals surface area (Å²) >= 11 is 8.26. The average molecular weight is 505 g/mol. The minimum Gasteiger partial charge on any atom is -0.444 e.